The van der Waals surface area contributed by atoms with E-state index in [4.69, 9.17) is 9.90 Å². The van der Waals surface area contributed by atoms with Gasteiger partial charge >= 0.3 is 0 Å². The van der Waals surface area contributed by atoms with Crippen molar-refractivity contribution in [3.05, 3.63) is 48.0 Å². The van der Waals surface area contributed by atoms with Crippen LogP contribution in [0.2, 0.25) is 0 Å². The molecule has 31 heavy (non-hydrogen) atoms. The zero-order valence-corrected chi connectivity index (χ0v) is 17.7. The van der Waals surface area contributed by atoms with Gasteiger partial charge in [-0.3, -0.25) is 4.79 Å². The van der Waals surface area contributed by atoms with E-state index in [1.54, 1.807) is 13.0 Å². The number of fused-ring (bicyclic) bond motifs is 1. The van der Waals surface area contributed by atoms with Crippen LogP contribution in [0.25, 0.3) is 22.0 Å². The Morgan fingerprint density at radius 1 is 1.19 bits per heavy atom. The van der Waals surface area contributed by atoms with Gasteiger partial charge in [-0.2, -0.15) is 0 Å². The molecule has 3 aromatic rings. The van der Waals surface area contributed by atoms with Crippen molar-refractivity contribution in [1.82, 2.24) is 15.1 Å². The van der Waals surface area contributed by atoms with E-state index in [2.05, 4.69) is 45.4 Å². The van der Waals surface area contributed by atoms with Gasteiger partial charge in [-0.1, -0.05) is 30.2 Å². The van der Waals surface area contributed by atoms with Gasteiger partial charge < -0.3 is 20.4 Å². The molecule has 1 aromatic heterocycles. The smallest absolute Gasteiger partial charge is 0.290 e. The molecule has 0 saturated carbocycles. The second-order valence-corrected chi connectivity index (χ2v) is 7.40. The summed E-state index contributed by atoms with van der Waals surface area (Å²) in [5.74, 6) is 6.77. The van der Waals surface area contributed by atoms with Crippen LogP contribution < -0.4 is 5.32 Å². The molecule has 4 rings (SSSR count). The predicted molar refractivity (Wildman–Crippen MR) is 122 cm³/mol. The summed E-state index contributed by atoms with van der Waals surface area (Å²) in [6.07, 6.45) is 2.31. The molecular weight excluding hydrogens is 392 g/mol. The molecule has 3 N–H and O–H groups in total. The minimum atomic E-state index is -0.250. The Kier molecular flexibility index (Phi) is 7.41. The van der Waals surface area contributed by atoms with Crippen LogP contribution in [0, 0.1) is 11.8 Å². The van der Waals surface area contributed by atoms with E-state index >= 15 is 0 Å². The zero-order chi connectivity index (χ0) is 22.2. The molecule has 1 atom stereocenters. The third kappa shape index (κ3) is 5.30. The van der Waals surface area contributed by atoms with E-state index in [1.807, 2.05) is 30.3 Å². The summed E-state index contributed by atoms with van der Waals surface area (Å²) >= 11 is 0. The molecule has 0 spiro atoms. The van der Waals surface area contributed by atoms with E-state index in [0.717, 1.165) is 41.7 Å². The van der Waals surface area contributed by atoms with E-state index in [1.165, 1.54) is 6.42 Å². The Hall–Kier alpha value is -3.63. The van der Waals surface area contributed by atoms with Gasteiger partial charge in [-0.15, -0.1) is 16.1 Å². The molecule has 160 valence electrons. The quantitative estimate of drug-likeness (QED) is 0.442. The maximum absolute atomic E-state index is 10.5. The fraction of sp³-hybridized carbons (Fsp3) is 0.292. The highest BCUT2D eigenvalue weighted by molar-refractivity contribution is 6.00. The third-order valence-electron chi connectivity index (χ3n) is 5.17. The van der Waals surface area contributed by atoms with Crippen LogP contribution in [0.3, 0.4) is 0 Å². The van der Waals surface area contributed by atoms with E-state index < -0.39 is 0 Å². The Bertz CT molecular complexity index is 1120. The summed E-state index contributed by atoms with van der Waals surface area (Å²) in [7, 11) is 2.15. The van der Waals surface area contributed by atoms with E-state index in [-0.39, 0.29) is 12.2 Å². The van der Waals surface area contributed by atoms with Crippen molar-refractivity contribution < 1.29 is 15.0 Å². The molecule has 2 aromatic carbocycles. The Morgan fingerprint density at radius 3 is 2.61 bits per heavy atom. The fourth-order valence-corrected chi connectivity index (χ4v) is 3.84. The lowest BCUT2D eigenvalue weighted by Crippen LogP contribution is -2.40. The number of benzene rings is 2. The zero-order valence-electron chi connectivity index (χ0n) is 17.7. The van der Waals surface area contributed by atoms with Gasteiger partial charge in [0.1, 0.15) is 11.4 Å². The van der Waals surface area contributed by atoms with Crippen molar-refractivity contribution in [2.45, 2.75) is 25.8 Å². The number of nitrogens with zero attached hydrogens (tertiary/aromatic N) is 3. The van der Waals surface area contributed by atoms with Crippen LogP contribution in [0.5, 0.6) is 5.75 Å². The number of phenolic OH excluding ortho intramolecular Hbond substituents is 1. The fourth-order valence-electron chi connectivity index (χ4n) is 3.84. The number of carbonyl (C=O) groups is 1. The molecule has 1 saturated heterocycles. The number of piperidine rings is 1. The van der Waals surface area contributed by atoms with Crippen LogP contribution in [-0.2, 0) is 4.79 Å². The van der Waals surface area contributed by atoms with Crippen molar-refractivity contribution in [2.75, 3.05) is 25.5 Å². The summed E-state index contributed by atoms with van der Waals surface area (Å²) in [4.78, 5) is 10.7. The number of aromatic nitrogens is 2. The molecule has 7 heteroatoms. The highest BCUT2D eigenvalue weighted by atomic mass is 16.3. The number of nitrogens with one attached hydrogen (secondary N) is 1. The highest BCUT2D eigenvalue weighted by Crippen LogP contribution is 2.35. The Balaban J connectivity index is 0.000000858. The summed E-state index contributed by atoms with van der Waals surface area (Å²) < 4.78 is 0. The average Bonchev–Trinajstić information content (AvgIpc) is 2.75. The predicted octanol–water partition coefficient (Wildman–Crippen LogP) is 3.58. The number of hydrogen-bond donors (Lipinski definition) is 3. The largest absolute Gasteiger partial charge is 0.507 e. The molecule has 1 aliphatic heterocycles. The minimum absolute atomic E-state index is 0.161. The SMILES string of the molecule is CC#Cc1ccc(-c2nnc(N[C@@H]3CCCN(C)C3)c3ccccc23)c(O)c1.O=CO. The standard InChI is InChI=1S/C23H24N4O.CH2O2/c1-3-7-16-11-12-20(21(28)14-16)22-18-9-4-5-10-19(18)23(26-25-22)24-17-8-6-13-27(2)15-17;2-1-3/h4-5,9-12,14,17,28H,6,8,13,15H2,1-2H3,(H,24,26);1H,(H,2,3)/t17-;/m1./s1. The van der Waals surface area contributed by atoms with Crippen molar-refractivity contribution in [3.8, 4) is 28.8 Å². The van der Waals surface area contributed by atoms with Crippen LogP contribution in [0.1, 0.15) is 25.3 Å². The van der Waals surface area contributed by atoms with Gasteiger partial charge in [-0.25, -0.2) is 0 Å². The van der Waals surface area contributed by atoms with Gasteiger partial charge in [0, 0.05) is 34.5 Å². The monoisotopic (exact) mass is 418 g/mol. The third-order valence-corrected chi connectivity index (χ3v) is 5.17. The van der Waals surface area contributed by atoms with E-state index in [0.29, 0.717) is 17.3 Å². The molecule has 0 bridgehead atoms. The maximum atomic E-state index is 10.5. The lowest BCUT2D eigenvalue weighted by atomic mass is 10.0. The molecule has 2 heterocycles. The average molecular weight is 418 g/mol. The normalized spacial score (nSPS) is 15.9. The second kappa shape index (κ2) is 10.4. The first-order chi connectivity index (χ1) is 15.1. The van der Waals surface area contributed by atoms with Gasteiger partial charge in [0.25, 0.3) is 6.47 Å². The first kappa shape index (κ1) is 22.1. The first-order valence-electron chi connectivity index (χ1n) is 10.1. The van der Waals surface area contributed by atoms with Crippen molar-refractivity contribution in [2.24, 2.45) is 0 Å². The molecule has 0 amide bonds. The molecule has 0 unspecified atom stereocenters. The number of likely N-dealkylation sites (tertiary alicyclic amines) is 1. The van der Waals surface area contributed by atoms with Gasteiger partial charge in [0.2, 0.25) is 0 Å². The molecule has 0 aliphatic carbocycles. The Labute approximate surface area is 181 Å². The number of carboxylic acid groups (broad SMARTS) is 1. The second-order valence-electron chi connectivity index (χ2n) is 7.40. The van der Waals surface area contributed by atoms with Crippen molar-refractivity contribution in [1.29, 1.82) is 0 Å². The lowest BCUT2D eigenvalue weighted by molar-refractivity contribution is -0.122. The van der Waals surface area contributed by atoms with Gasteiger partial charge in [-0.05, 0) is 51.6 Å². The van der Waals surface area contributed by atoms with Crippen LogP contribution >= 0.6 is 0 Å². The number of aromatic hydroxyl groups is 1. The van der Waals surface area contributed by atoms with Crippen LogP contribution in [-0.4, -0.2) is 58.0 Å². The number of phenols is 1. The number of anilines is 1. The first-order valence-corrected chi connectivity index (χ1v) is 10.1. The van der Waals surface area contributed by atoms with E-state index in [9.17, 15) is 5.11 Å². The maximum Gasteiger partial charge on any atom is 0.290 e. The number of rotatable bonds is 3. The molecule has 0 radical (unpaired) electrons. The molecule has 1 fully saturated rings. The van der Waals surface area contributed by atoms with Crippen LogP contribution in [0.15, 0.2) is 42.5 Å². The summed E-state index contributed by atoms with van der Waals surface area (Å²) in [6.45, 7) is 3.67. The van der Waals surface area contributed by atoms with Gasteiger partial charge in [0.05, 0.1) is 0 Å². The number of hydrogen-bond acceptors (Lipinski definition) is 6. The summed E-state index contributed by atoms with van der Waals surface area (Å²) in [5.41, 5.74) is 2.12. The molecule has 7 nitrogen and oxygen atoms in total. The topological polar surface area (TPSA) is 98.6 Å². The van der Waals surface area contributed by atoms with Crippen molar-refractivity contribution in [3.63, 3.8) is 0 Å². The number of likely N-dealkylation sites (N-methyl/N-ethyl adjacent to an activating group) is 1. The molecular formula is C24H26N4O3. The summed E-state index contributed by atoms with van der Waals surface area (Å²) in [6, 6.07) is 13.9. The van der Waals surface area contributed by atoms with Gasteiger partial charge in [0.15, 0.2) is 5.82 Å². The summed E-state index contributed by atoms with van der Waals surface area (Å²) in [5, 5.41) is 31.9. The van der Waals surface area contributed by atoms with Crippen LogP contribution in [0.4, 0.5) is 5.82 Å². The Morgan fingerprint density at radius 2 is 1.94 bits per heavy atom. The van der Waals surface area contributed by atoms with Crippen molar-refractivity contribution >= 4 is 23.1 Å². The lowest BCUT2D eigenvalue weighted by Gasteiger charge is -2.30. The highest BCUT2D eigenvalue weighted by Gasteiger charge is 2.20. The molecule has 1 aliphatic rings. The minimum Gasteiger partial charge on any atom is -0.507 e.